The smallest absolute Gasteiger partial charge is 0.314 e. The van der Waals surface area contributed by atoms with Crippen LogP contribution in [0, 0.1) is 10.1 Å². The molecule has 0 aliphatic carbocycles. The lowest BCUT2D eigenvalue weighted by Crippen LogP contribution is -1.96. The minimum absolute atomic E-state index is 0.0993. The van der Waals surface area contributed by atoms with Gasteiger partial charge in [0.15, 0.2) is 0 Å². The minimum atomic E-state index is -3.13. The van der Waals surface area contributed by atoms with Gasteiger partial charge in [0.2, 0.25) is 0 Å². The second-order valence-corrected chi connectivity index (χ2v) is 2.98. The molecule has 0 saturated carbocycles. The summed E-state index contributed by atoms with van der Waals surface area (Å²) in [5, 5.41) is 10.2. The van der Waals surface area contributed by atoms with Crippen LogP contribution in [0.1, 0.15) is 5.56 Å². The molecule has 1 aromatic rings. The SMILES string of the molecule is NCc1ccc([N+](=O)[O-])cc1.O=[PH](O)O. The van der Waals surface area contributed by atoms with E-state index in [1.165, 1.54) is 12.1 Å². The van der Waals surface area contributed by atoms with E-state index in [-0.39, 0.29) is 5.69 Å². The summed E-state index contributed by atoms with van der Waals surface area (Å²) in [5.74, 6) is 0. The van der Waals surface area contributed by atoms with Crippen LogP contribution in [0.3, 0.4) is 0 Å². The Labute approximate surface area is 86.3 Å². The third kappa shape index (κ3) is 6.75. The fraction of sp³-hybridized carbons (Fsp3) is 0.143. The van der Waals surface area contributed by atoms with Crippen LogP contribution in [0.2, 0.25) is 0 Å². The molecule has 0 amide bonds. The Hall–Kier alpha value is -1.27. The summed E-state index contributed by atoms with van der Waals surface area (Å²) in [5.41, 5.74) is 6.30. The molecule has 0 aliphatic heterocycles. The van der Waals surface area contributed by atoms with E-state index in [1.807, 2.05) is 0 Å². The second-order valence-electron chi connectivity index (χ2n) is 2.41. The summed E-state index contributed by atoms with van der Waals surface area (Å²) >= 11 is 0. The van der Waals surface area contributed by atoms with Crippen molar-refractivity contribution in [3.63, 3.8) is 0 Å². The number of nitrogens with two attached hydrogens (primary N) is 1. The molecule has 0 bridgehead atoms. The first kappa shape index (κ1) is 13.7. The highest BCUT2D eigenvalue weighted by atomic mass is 31.1. The fourth-order valence-corrected chi connectivity index (χ4v) is 0.754. The topological polar surface area (TPSA) is 127 Å². The molecule has 0 saturated heterocycles. The summed E-state index contributed by atoms with van der Waals surface area (Å²) < 4.78 is 8.74. The lowest BCUT2D eigenvalue weighted by atomic mass is 10.2. The van der Waals surface area contributed by atoms with Crippen LogP contribution in [-0.2, 0) is 11.1 Å². The van der Waals surface area contributed by atoms with Crippen molar-refractivity contribution in [1.82, 2.24) is 0 Å². The molecule has 7 nitrogen and oxygen atoms in total. The van der Waals surface area contributed by atoms with Crippen molar-refractivity contribution in [2.24, 2.45) is 5.73 Å². The zero-order valence-corrected chi connectivity index (χ0v) is 8.66. The van der Waals surface area contributed by atoms with Crippen LogP contribution < -0.4 is 5.73 Å². The highest BCUT2D eigenvalue weighted by molar-refractivity contribution is 7.30. The summed E-state index contributed by atoms with van der Waals surface area (Å²) in [4.78, 5) is 24.1. The number of nitro benzene ring substituents is 1. The number of nitro groups is 1. The minimum Gasteiger partial charge on any atom is -0.326 e. The van der Waals surface area contributed by atoms with Crippen molar-refractivity contribution in [2.75, 3.05) is 0 Å². The molecule has 0 radical (unpaired) electrons. The van der Waals surface area contributed by atoms with Crippen LogP contribution in [0.15, 0.2) is 24.3 Å². The van der Waals surface area contributed by atoms with Gasteiger partial charge in [0.05, 0.1) is 4.92 Å². The van der Waals surface area contributed by atoms with Crippen LogP contribution in [0.5, 0.6) is 0 Å². The Morgan fingerprint density at radius 1 is 1.33 bits per heavy atom. The molecular formula is C7H11N2O5P. The zero-order chi connectivity index (χ0) is 11.8. The van der Waals surface area contributed by atoms with E-state index >= 15 is 0 Å². The van der Waals surface area contributed by atoms with Gasteiger partial charge in [-0.1, -0.05) is 12.1 Å². The molecule has 0 aliphatic rings. The lowest BCUT2D eigenvalue weighted by Gasteiger charge is -1.93. The molecular weight excluding hydrogens is 223 g/mol. The van der Waals surface area contributed by atoms with E-state index in [2.05, 4.69) is 0 Å². The quantitative estimate of drug-likeness (QED) is 0.386. The van der Waals surface area contributed by atoms with Crippen molar-refractivity contribution in [3.05, 3.63) is 39.9 Å². The van der Waals surface area contributed by atoms with Crippen molar-refractivity contribution in [1.29, 1.82) is 0 Å². The van der Waals surface area contributed by atoms with Crippen molar-refractivity contribution in [3.8, 4) is 0 Å². The first-order chi connectivity index (χ1) is 6.97. The van der Waals surface area contributed by atoms with Gasteiger partial charge in [-0.3, -0.25) is 14.7 Å². The van der Waals surface area contributed by atoms with Crippen LogP contribution in [0.4, 0.5) is 5.69 Å². The van der Waals surface area contributed by atoms with E-state index in [1.54, 1.807) is 12.1 Å². The molecule has 1 aromatic carbocycles. The molecule has 1 rings (SSSR count). The number of hydrogen-bond donors (Lipinski definition) is 3. The summed E-state index contributed by atoms with van der Waals surface area (Å²) in [6.45, 7) is 0.415. The van der Waals surface area contributed by atoms with Gasteiger partial charge in [-0.15, -0.1) is 0 Å². The van der Waals surface area contributed by atoms with Gasteiger partial charge in [-0.05, 0) is 5.56 Å². The molecule has 0 unspecified atom stereocenters. The van der Waals surface area contributed by atoms with Crippen LogP contribution >= 0.6 is 8.25 Å². The Balaban J connectivity index is 0.000000423. The molecule has 0 fully saturated rings. The first-order valence-electron chi connectivity index (χ1n) is 3.82. The highest BCUT2D eigenvalue weighted by Crippen LogP contribution is 2.10. The predicted octanol–water partition coefficient (Wildman–Crippen LogP) is 0.414. The number of benzene rings is 1. The molecule has 0 aromatic heterocycles. The Bertz CT molecular complexity index is 336. The van der Waals surface area contributed by atoms with Gasteiger partial charge in [-0.25, -0.2) is 0 Å². The van der Waals surface area contributed by atoms with Gasteiger partial charge in [0.1, 0.15) is 0 Å². The molecule has 0 spiro atoms. The standard InChI is InChI=1S/C7H8N2O2.H3O3P/c8-5-6-1-3-7(4-2-6)9(10)11;1-4(2)3/h1-4H,5,8H2;4H,(H2,1,2,3). The fourth-order valence-electron chi connectivity index (χ4n) is 0.754. The maximum Gasteiger partial charge on any atom is 0.314 e. The Morgan fingerprint density at radius 2 is 1.73 bits per heavy atom. The zero-order valence-electron chi connectivity index (χ0n) is 7.66. The van der Waals surface area contributed by atoms with Gasteiger partial charge in [0.25, 0.3) is 5.69 Å². The van der Waals surface area contributed by atoms with E-state index in [0.29, 0.717) is 6.54 Å². The second kappa shape index (κ2) is 7.08. The van der Waals surface area contributed by atoms with Crippen molar-refractivity contribution in [2.45, 2.75) is 6.54 Å². The monoisotopic (exact) mass is 234 g/mol. The molecule has 84 valence electrons. The highest BCUT2D eigenvalue weighted by Gasteiger charge is 2.01. The van der Waals surface area contributed by atoms with Crippen LogP contribution in [0.25, 0.3) is 0 Å². The summed E-state index contributed by atoms with van der Waals surface area (Å²) in [6.07, 6.45) is 0. The molecule has 8 heteroatoms. The molecule has 4 N–H and O–H groups in total. The normalized spacial score (nSPS) is 9.33. The Morgan fingerprint density at radius 3 is 2.00 bits per heavy atom. The Kier molecular flexibility index (Phi) is 6.48. The molecule has 15 heavy (non-hydrogen) atoms. The van der Waals surface area contributed by atoms with E-state index in [0.717, 1.165) is 5.56 Å². The summed E-state index contributed by atoms with van der Waals surface area (Å²) in [6, 6.07) is 6.20. The first-order valence-corrected chi connectivity index (χ1v) is 5.13. The van der Waals surface area contributed by atoms with Gasteiger partial charge in [0, 0.05) is 18.7 Å². The maximum atomic E-state index is 10.2. The van der Waals surface area contributed by atoms with E-state index in [4.69, 9.17) is 20.1 Å². The molecule has 0 atom stereocenters. The summed E-state index contributed by atoms with van der Waals surface area (Å²) in [7, 11) is -3.13. The van der Waals surface area contributed by atoms with Crippen LogP contribution in [-0.4, -0.2) is 14.7 Å². The lowest BCUT2D eigenvalue weighted by molar-refractivity contribution is -0.384. The number of non-ortho nitro benzene ring substituents is 1. The third-order valence-electron chi connectivity index (χ3n) is 1.38. The number of rotatable bonds is 2. The average molecular weight is 234 g/mol. The average Bonchev–Trinajstić information content (AvgIpc) is 2.17. The van der Waals surface area contributed by atoms with Gasteiger partial charge in [-0.2, -0.15) is 0 Å². The van der Waals surface area contributed by atoms with Gasteiger partial charge >= 0.3 is 8.25 Å². The predicted molar refractivity (Wildman–Crippen MR) is 54.4 cm³/mol. The number of nitrogens with zero attached hydrogens (tertiary/aromatic N) is 1. The van der Waals surface area contributed by atoms with E-state index < -0.39 is 13.2 Å². The van der Waals surface area contributed by atoms with Crippen molar-refractivity contribution < 1.29 is 19.3 Å². The number of hydrogen-bond acceptors (Lipinski definition) is 4. The van der Waals surface area contributed by atoms with Gasteiger partial charge < -0.3 is 15.5 Å². The van der Waals surface area contributed by atoms with Crippen molar-refractivity contribution >= 4 is 13.9 Å². The third-order valence-corrected chi connectivity index (χ3v) is 1.38. The maximum absolute atomic E-state index is 10.2. The molecule has 0 heterocycles. The van der Waals surface area contributed by atoms with E-state index in [9.17, 15) is 10.1 Å². The largest absolute Gasteiger partial charge is 0.326 e.